The maximum absolute atomic E-state index is 12.7. The highest BCUT2D eigenvalue weighted by Crippen LogP contribution is 2.21. The molecule has 5 heteroatoms. The summed E-state index contributed by atoms with van der Waals surface area (Å²) < 4.78 is 13.6. The highest BCUT2D eigenvalue weighted by molar-refractivity contribution is 9.11. The zero-order valence-electron chi connectivity index (χ0n) is 9.45. The van der Waals surface area contributed by atoms with Gasteiger partial charge in [0.15, 0.2) is 0 Å². The molecule has 0 radical (unpaired) electrons. The van der Waals surface area contributed by atoms with Gasteiger partial charge in [-0.05, 0) is 52.2 Å². The first kappa shape index (κ1) is 13.2. The number of hydrogen-bond donors (Lipinski definition) is 1. The fourth-order valence-corrected chi connectivity index (χ4v) is 2.80. The van der Waals surface area contributed by atoms with Crippen LogP contribution in [0.1, 0.15) is 15.2 Å². The molecule has 0 atom stereocenters. The van der Waals surface area contributed by atoms with Crippen molar-refractivity contribution in [2.24, 2.45) is 0 Å². The Morgan fingerprint density at radius 2 is 1.94 bits per heavy atom. The van der Waals surface area contributed by atoms with Gasteiger partial charge in [-0.15, -0.1) is 11.3 Å². The molecule has 2 rings (SSSR count). The molecule has 2 aromatic rings. The molecule has 0 aliphatic carbocycles. The van der Waals surface area contributed by atoms with Crippen LogP contribution in [0.15, 0.2) is 40.2 Å². The minimum absolute atomic E-state index is 0.0761. The second-order valence-corrected chi connectivity index (χ2v) is 6.20. The summed E-state index contributed by atoms with van der Waals surface area (Å²) in [5.74, 6) is -0.320. The number of rotatable bonds is 4. The van der Waals surface area contributed by atoms with Gasteiger partial charge in [0.25, 0.3) is 5.91 Å². The van der Waals surface area contributed by atoms with Crippen molar-refractivity contribution in [2.45, 2.75) is 6.42 Å². The monoisotopic (exact) mass is 327 g/mol. The number of benzene rings is 1. The predicted octanol–water partition coefficient (Wildman–Crippen LogP) is 3.62. The molecule has 0 aliphatic rings. The smallest absolute Gasteiger partial charge is 0.261 e. The van der Waals surface area contributed by atoms with Crippen LogP contribution in [0.4, 0.5) is 4.39 Å². The van der Waals surface area contributed by atoms with E-state index in [-0.39, 0.29) is 11.7 Å². The lowest BCUT2D eigenvalue weighted by Crippen LogP contribution is -2.24. The number of carbonyl (C=O) groups is 1. The van der Waals surface area contributed by atoms with Crippen LogP contribution >= 0.6 is 27.3 Å². The molecule has 18 heavy (non-hydrogen) atoms. The van der Waals surface area contributed by atoms with E-state index in [4.69, 9.17) is 0 Å². The number of halogens is 2. The average Bonchev–Trinajstić information content (AvgIpc) is 2.78. The summed E-state index contributed by atoms with van der Waals surface area (Å²) in [7, 11) is 0. The highest BCUT2D eigenvalue weighted by atomic mass is 79.9. The number of carbonyl (C=O) groups excluding carboxylic acids is 1. The molecule has 2 nitrogen and oxygen atoms in total. The summed E-state index contributed by atoms with van der Waals surface area (Å²) in [6.07, 6.45) is 0.693. The van der Waals surface area contributed by atoms with Crippen LogP contribution in [0, 0.1) is 5.82 Å². The van der Waals surface area contributed by atoms with Gasteiger partial charge in [-0.25, -0.2) is 4.39 Å². The topological polar surface area (TPSA) is 29.1 Å². The van der Waals surface area contributed by atoms with Crippen molar-refractivity contribution in [3.05, 3.63) is 56.4 Å². The zero-order valence-corrected chi connectivity index (χ0v) is 11.9. The molecule has 0 spiro atoms. The van der Waals surface area contributed by atoms with Crippen LogP contribution < -0.4 is 5.32 Å². The Hall–Kier alpha value is -1.20. The summed E-state index contributed by atoms with van der Waals surface area (Å²) in [6, 6.07) is 9.93. The van der Waals surface area contributed by atoms with Crippen LogP contribution in [0.2, 0.25) is 0 Å². The molecule has 1 amide bonds. The van der Waals surface area contributed by atoms with E-state index < -0.39 is 0 Å². The van der Waals surface area contributed by atoms with E-state index in [1.807, 2.05) is 6.07 Å². The Bertz CT molecular complexity index is 538. The van der Waals surface area contributed by atoms with Gasteiger partial charge in [0, 0.05) is 6.54 Å². The predicted molar refractivity (Wildman–Crippen MR) is 74.5 cm³/mol. The maximum Gasteiger partial charge on any atom is 0.261 e. The number of hydrogen-bond acceptors (Lipinski definition) is 2. The average molecular weight is 328 g/mol. The van der Waals surface area contributed by atoms with Gasteiger partial charge in [0.1, 0.15) is 5.82 Å². The Labute approximate surface area is 117 Å². The van der Waals surface area contributed by atoms with Crippen LogP contribution in [0.25, 0.3) is 0 Å². The van der Waals surface area contributed by atoms with Crippen LogP contribution in [0.5, 0.6) is 0 Å². The molecular weight excluding hydrogens is 317 g/mol. The minimum Gasteiger partial charge on any atom is -0.351 e. The molecule has 1 aromatic heterocycles. The standard InChI is InChI=1S/C13H11BrFNOS/c14-12-6-5-11(18-12)13(17)16-8-7-9-1-3-10(15)4-2-9/h1-6H,7-8H2,(H,16,17). The Morgan fingerprint density at radius 1 is 1.22 bits per heavy atom. The van der Waals surface area contributed by atoms with Crippen molar-refractivity contribution in [2.75, 3.05) is 6.54 Å². The van der Waals surface area contributed by atoms with E-state index in [1.165, 1.54) is 23.5 Å². The van der Waals surface area contributed by atoms with Crippen LogP contribution in [-0.2, 0) is 6.42 Å². The van der Waals surface area contributed by atoms with Crippen molar-refractivity contribution in [3.8, 4) is 0 Å². The van der Waals surface area contributed by atoms with Crippen molar-refractivity contribution in [3.63, 3.8) is 0 Å². The fraction of sp³-hybridized carbons (Fsp3) is 0.154. The van der Waals surface area contributed by atoms with Gasteiger partial charge in [-0.2, -0.15) is 0 Å². The quantitative estimate of drug-likeness (QED) is 0.912. The molecule has 0 saturated carbocycles. The number of thiophene rings is 1. The molecule has 0 saturated heterocycles. The van der Waals surface area contributed by atoms with Gasteiger partial charge >= 0.3 is 0 Å². The lowest BCUT2D eigenvalue weighted by atomic mass is 10.1. The van der Waals surface area contributed by atoms with E-state index in [2.05, 4.69) is 21.2 Å². The normalized spacial score (nSPS) is 10.3. The highest BCUT2D eigenvalue weighted by Gasteiger charge is 2.07. The second-order valence-electron chi connectivity index (χ2n) is 3.74. The van der Waals surface area contributed by atoms with Crippen molar-refractivity contribution in [1.82, 2.24) is 5.32 Å². The van der Waals surface area contributed by atoms with Gasteiger partial charge in [0.2, 0.25) is 0 Å². The van der Waals surface area contributed by atoms with E-state index in [0.29, 0.717) is 17.8 Å². The summed E-state index contributed by atoms with van der Waals surface area (Å²) in [4.78, 5) is 12.4. The maximum atomic E-state index is 12.7. The molecule has 94 valence electrons. The third kappa shape index (κ3) is 3.65. The largest absolute Gasteiger partial charge is 0.351 e. The first-order chi connectivity index (χ1) is 8.65. The molecule has 0 bridgehead atoms. The van der Waals surface area contributed by atoms with Gasteiger partial charge in [-0.1, -0.05) is 12.1 Å². The van der Waals surface area contributed by atoms with Crippen molar-refractivity contribution >= 4 is 33.2 Å². The SMILES string of the molecule is O=C(NCCc1ccc(F)cc1)c1ccc(Br)s1. The molecule has 0 unspecified atom stereocenters. The molecular formula is C13H11BrFNOS. The Balaban J connectivity index is 1.82. The number of amides is 1. The summed E-state index contributed by atoms with van der Waals surface area (Å²) >= 11 is 4.71. The van der Waals surface area contributed by atoms with E-state index >= 15 is 0 Å². The first-order valence-corrected chi connectivity index (χ1v) is 7.04. The Morgan fingerprint density at radius 3 is 2.56 bits per heavy atom. The molecule has 0 aliphatic heterocycles. The summed E-state index contributed by atoms with van der Waals surface area (Å²) in [5.41, 5.74) is 1.00. The first-order valence-electron chi connectivity index (χ1n) is 5.43. The zero-order chi connectivity index (χ0) is 13.0. The third-order valence-electron chi connectivity index (χ3n) is 2.41. The third-order valence-corrected chi connectivity index (χ3v) is 4.03. The van der Waals surface area contributed by atoms with Crippen molar-refractivity contribution < 1.29 is 9.18 Å². The van der Waals surface area contributed by atoms with Crippen molar-refractivity contribution in [1.29, 1.82) is 0 Å². The molecule has 1 aromatic carbocycles. The summed E-state index contributed by atoms with van der Waals surface area (Å²) in [5, 5.41) is 2.83. The van der Waals surface area contributed by atoms with E-state index in [0.717, 1.165) is 9.35 Å². The number of nitrogens with one attached hydrogen (secondary N) is 1. The Kier molecular flexibility index (Phi) is 4.49. The van der Waals surface area contributed by atoms with Gasteiger partial charge < -0.3 is 5.32 Å². The lowest BCUT2D eigenvalue weighted by Gasteiger charge is -2.03. The second kappa shape index (κ2) is 6.11. The van der Waals surface area contributed by atoms with Gasteiger partial charge in [-0.3, -0.25) is 4.79 Å². The lowest BCUT2D eigenvalue weighted by molar-refractivity contribution is 0.0958. The van der Waals surface area contributed by atoms with E-state index in [1.54, 1.807) is 18.2 Å². The van der Waals surface area contributed by atoms with Crippen LogP contribution in [0.3, 0.4) is 0 Å². The molecule has 1 N–H and O–H groups in total. The molecule has 0 fully saturated rings. The summed E-state index contributed by atoms with van der Waals surface area (Å²) in [6.45, 7) is 0.542. The van der Waals surface area contributed by atoms with Crippen LogP contribution in [-0.4, -0.2) is 12.5 Å². The molecule has 1 heterocycles. The van der Waals surface area contributed by atoms with E-state index in [9.17, 15) is 9.18 Å². The minimum atomic E-state index is -0.244. The fourth-order valence-electron chi connectivity index (χ4n) is 1.49. The van der Waals surface area contributed by atoms with Gasteiger partial charge in [0.05, 0.1) is 8.66 Å².